The van der Waals surface area contributed by atoms with Crippen LogP contribution in [0.3, 0.4) is 0 Å². The van der Waals surface area contributed by atoms with E-state index < -0.39 is 0 Å². The van der Waals surface area contributed by atoms with Crippen LogP contribution in [0, 0.1) is 6.92 Å². The molecule has 4 aromatic rings. The molecule has 3 aromatic heterocycles. The molecule has 144 valence electrons. The van der Waals surface area contributed by atoms with E-state index in [1.54, 1.807) is 13.4 Å². The van der Waals surface area contributed by atoms with Gasteiger partial charge < -0.3 is 18.9 Å². The molecule has 0 radical (unpaired) electrons. The van der Waals surface area contributed by atoms with Crippen molar-refractivity contribution in [1.29, 1.82) is 0 Å². The molecule has 0 aliphatic rings. The summed E-state index contributed by atoms with van der Waals surface area (Å²) in [6.45, 7) is 4.09. The quantitative estimate of drug-likeness (QED) is 0.510. The largest absolute Gasteiger partial charge is 0.383 e. The average Bonchev–Trinajstić information content (AvgIpc) is 3.44. The Balaban J connectivity index is 1.64. The molecule has 0 atom stereocenters. The van der Waals surface area contributed by atoms with Crippen molar-refractivity contribution in [3.63, 3.8) is 0 Å². The molecule has 4 rings (SSSR count). The van der Waals surface area contributed by atoms with Gasteiger partial charge in [-0.1, -0.05) is 30.3 Å². The Morgan fingerprint density at radius 2 is 1.89 bits per heavy atom. The maximum absolute atomic E-state index is 5.16. The summed E-state index contributed by atoms with van der Waals surface area (Å²) < 4.78 is 9.30. The summed E-state index contributed by atoms with van der Waals surface area (Å²) >= 11 is 0. The van der Waals surface area contributed by atoms with Crippen molar-refractivity contribution in [3.05, 3.63) is 60.7 Å². The molecular weight excluding hydrogens is 354 g/mol. The molecule has 8 nitrogen and oxygen atoms in total. The molecule has 0 aliphatic carbocycles. The first-order valence-corrected chi connectivity index (χ1v) is 9.24. The van der Waals surface area contributed by atoms with Crippen molar-refractivity contribution in [2.24, 2.45) is 0 Å². The number of aryl methyl sites for hydroxylation is 3. The summed E-state index contributed by atoms with van der Waals surface area (Å²) in [7, 11) is 1.69. The van der Waals surface area contributed by atoms with Gasteiger partial charge in [-0.25, -0.2) is 9.97 Å². The van der Waals surface area contributed by atoms with E-state index in [1.165, 1.54) is 0 Å². The number of hydrogen-bond donors (Lipinski definition) is 1. The van der Waals surface area contributed by atoms with Crippen molar-refractivity contribution >= 4 is 0 Å². The lowest BCUT2D eigenvalue weighted by molar-refractivity contribution is 0.186. The zero-order valence-corrected chi connectivity index (χ0v) is 16.0. The fourth-order valence-corrected chi connectivity index (χ4v) is 3.21. The molecule has 0 saturated carbocycles. The third kappa shape index (κ3) is 3.72. The van der Waals surface area contributed by atoms with Gasteiger partial charge in [0.1, 0.15) is 17.8 Å². The molecule has 1 N–H and O–H groups in total. The first-order valence-electron chi connectivity index (χ1n) is 9.24. The molecule has 0 spiro atoms. The van der Waals surface area contributed by atoms with Crippen molar-refractivity contribution in [3.8, 4) is 22.8 Å². The number of rotatable bonds is 8. The van der Waals surface area contributed by atoms with Crippen LogP contribution in [0.1, 0.15) is 11.5 Å². The lowest BCUT2D eigenvalue weighted by atomic mass is 10.1. The first-order chi connectivity index (χ1) is 13.8. The van der Waals surface area contributed by atoms with E-state index in [9.17, 15) is 0 Å². The summed E-state index contributed by atoms with van der Waals surface area (Å²) in [6, 6.07) is 10.2. The minimum Gasteiger partial charge on any atom is -0.383 e. The van der Waals surface area contributed by atoms with E-state index in [0.717, 1.165) is 53.8 Å². The Morgan fingerprint density at radius 3 is 2.64 bits per heavy atom. The van der Waals surface area contributed by atoms with Crippen LogP contribution in [-0.2, 0) is 24.2 Å². The van der Waals surface area contributed by atoms with Crippen LogP contribution in [0.4, 0.5) is 0 Å². The number of benzene rings is 1. The molecule has 0 unspecified atom stereocenters. The molecule has 3 heterocycles. The molecular formula is C20H23N7O. The summed E-state index contributed by atoms with van der Waals surface area (Å²) in [5.74, 6) is 1.74. The number of hydrogen-bond acceptors (Lipinski definition) is 5. The maximum atomic E-state index is 5.16. The van der Waals surface area contributed by atoms with Gasteiger partial charge in [0.2, 0.25) is 0 Å². The van der Waals surface area contributed by atoms with Crippen LogP contribution in [0.5, 0.6) is 0 Å². The van der Waals surface area contributed by atoms with Gasteiger partial charge in [-0.2, -0.15) is 0 Å². The highest BCUT2D eigenvalue weighted by molar-refractivity contribution is 5.75. The van der Waals surface area contributed by atoms with Crippen LogP contribution in [0.25, 0.3) is 22.8 Å². The number of imidazole rings is 2. The number of nitrogens with one attached hydrogen (secondary N) is 1. The monoisotopic (exact) mass is 377 g/mol. The fraction of sp³-hybridized carbons (Fsp3) is 0.300. The van der Waals surface area contributed by atoms with E-state index in [2.05, 4.69) is 41.8 Å². The number of methoxy groups -OCH3 is 1. The van der Waals surface area contributed by atoms with Crippen LogP contribution in [-0.4, -0.2) is 48.0 Å². The van der Waals surface area contributed by atoms with Gasteiger partial charge in [0.25, 0.3) is 0 Å². The van der Waals surface area contributed by atoms with Crippen molar-refractivity contribution in [2.75, 3.05) is 13.7 Å². The topological polar surface area (TPSA) is 86.4 Å². The lowest BCUT2D eigenvalue weighted by Crippen LogP contribution is -2.11. The molecule has 0 bridgehead atoms. The second kappa shape index (κ2) is 8.18. The van der Waals surface area contributed by atoms with Gasteiger partial charge in [0.05, 0.1) is 18.6 Å². The lowest BCUT2D eigenvalue weighted by Gasteiger charge is -2.10. The van der Waals surface area contributed by atoms with E-state index in [1.807, 2.05) is 42.2 Å². The molecule has 0 aliphatic heterocycles. The van der Waals surface area contributed by atoms with E-state index in [-0.39, 0.29) is 0 Å². The maximum Gasteiger partial charge on any atom is 0.156 e. The molecule has 28 heavy (non-hydrogen) atoms. The van der Waals surface area contributed by atoms with Gasteiger partial charge in [0, 0.05) is 44.1 Å². The van der Waals surface area contributed by atoms with Gasteiger partial charge >= 0.3 is 0 Å². The Kier molecular flexibility index (Phi) is 5.29. The predicted molar refractivity (Wildman–Crippen MR) is 106 cm³/mol. The van der Waals surface area contributed by atoms with Crippen molar-refractivity contribution in [2.45, 2.75) is 26.4 Å². The second-order valence-corrected chi connectivity index (χ2v) is 6.60. The fourth-order valence-electron chi connectivity index (χ4n) is 3.21. The van der Waals surface area contributed by atoms with Crippen molar-refractivity contribution < 1.29 is 4.74 Å². The van der Waals surface area contributed by atoms with E-state index >= 15 is 0 Å². The number of nitrogens with zero attached hydrogens (tertiary/aromatic N) is 6. The third-order valence-corrected chi connectivity index (χ3v) is 4.62. The number of aromatic nitrogens is 7. The van der Waals surface area contributed by atoms with E-state index in [0.29, 0.717) is 6.61 Å². The molecule has 1 aromatic carbocycles. The summed E-state index contributed by atoms with van der Waals surface area (Å²) in [5, 5.41) is 8.29. The van der Waals surface area contributed by atoms with Crippen molar-refractivity contribution in [1.82, 2.24) is 34.3 Å². The Labute approximate surface area is 163 Å². The van der Waals surface area contributed by atoms with E-state index in [4.69, 9.17) is 4.74 Å². The van der Waals surface area contributed by atoms with Crippen LogP contribution in [0.2, 0.25) is 0 Å². The van der Waals surface area contributed by atoms with Crippen LogP contribution < -0.4 is 0 Å². The Hall–Kier alpha value is -3.26. The van der Waals surface area contributed by atoms with Gasteiger partial charge in [-0.05, 0) is 6.92 Å². The van der Waals surface area contributed by atoms with Gasteiger partial charge in [-0.3, -0.25) is 0 Å². The van der Waals surface area contributed by atoms with Gasteiger partial charge in [-0.15, -0.1) is 10.2 Å². The molecule has 0 saturated heterocycles. The number of ether oxygens (including phenoxy) is 1. The summed E-state index contributed by atoms with van der Waals surface area (Å²) in [5.41, 5.74) is 3.97. The third-order valence-electron chi connectivity index (χ3n) is 4.62. The average molecular weight is 377 g/mol. The molecule has 0 fully saturated rings. The van der Waals surface area contributed by atoms with Gasteiger partial charge in [0.15, 0.2) is 5.82 Å². The SMILES string of the molecule is COCCn1cnnc1CCn1cnc(-c2ccccc2)c1-c1ncc(C)[nH]1. The highest BCUT2D eigenvalue weighted by Crippen LogP contribution is 2.29. The minimum atomic E-state index is 0.630. The zero-order chi connectivity index (χ0) is 19.3. The normalized spacial score (nSPS) is 11.2. The zero-order valence-electron chi connectivity index (χ0n) is 16.0. The number of H-pyrrole nitrogens is 1. The molecule has 8 heteroatoms. The highest BCUT2D eigenvalue weighted by Gasteiger charge is 2.18. The Morgan fingerprint density at radius 1 is 1.04 bits per heavy atom. The highest BCUT2D eigenvalue weighted by atomic mass is 16.5. The summed E-state index contributed by atoms with van der Waals surface area (Å²) in [6.07, 6.45) is 6.18. The standard InChI is InChI=1S/C20H23N7O/c1-15-12-21-20(24-15)19-18(16-6-4-3-5-7-16)22-13-27(19)9-8-17-25-23-14-26(17)10-11-28-2/h3-7,12-14H,8-11H2,1-2H3,(H,21,24). The number of aromatic amines is 1. The smallest absolute Gasteiger partial charge is 0.156 e. The first kappa shape index (κ1) is 18.1. The molecule has 0 amide bonds. The minimum absolute atomic E-state index is 0.630. The Bertz CT molecular complexity index is 1030. The summed E-state index contributed by atoms with van der Waals surface area (Å²) in [4.78, 5) is 12.6. The second-order valence-electron chi connectivity index (χ2n) is 6.60. The van der Waals surface area contributed by atoms with Crippen LogP contribution in [0.15, 0.2) is 49.2 Å². The van der Waals surface area contributed by atoms with Crippen LogP contribution >= 0.6 is 0 Å². The predicted octanol–water partition coefficient (Wildman–Crippen LogP) is 2.73.